The highest BCUT2D eigenvalue weighted by molar-refractivity contribution is 7.85. The molecule has 0 aliphatic carbocycles. The number of benzene rings is 1. The van der Waals surface area contributed by atoms with Crippen LogP contribution in [0.4, 0.5) is 14.9 Å². The van der Waals surface area contributed by atoms with Crippen LogP contribution in [-0.2, 0) is 10.8 Å². The summed E-state index contributed by atoms with van der Waals surface area (Å²) in [5.41, 5.74) is -0.282. The van der Waals surface area contributed by atoms with E-state index in [0.717, 1.165) is 12.1 Å². The van der Waals surface area contributed by atoms with Crippen molar-refractivity contribution in [2.24, 2.45) is 0 Å². The maximum absolute atomic E-state index is 13.0. The summed E-state index contributed by atoms with van der Waals surface area (Å²) < 4.78 is 24.3. The van der Waals surface area contributed by atoms with Gasteiger partial charge in [-0.05, 0) is 31.0 Å². The SMILES string of the molecule is O=C(Nc1ccc(F)cc1C(=O)O)NC1CCS(=O)CC1. The van der Waals surface area contributed by atoms with Gasteiger partial charge < -0.3 is 15.7 Å². The number of nitrogens with one attached hydrogen (secondary N) is 2. The van der Waals surface area contributed by atoms with E-state index in [0.29, 0.717) is 24.3 Å². The van der Waals surface area contributed by atoms with Gasteiger partial charge in [-0.2, -0.15) is 0 Å². The van der Waals surface area contributed by atoms with Gasteiger partial charge in [-0.25, -0.2) is 14.0 Å². The Hall–Kier alpha value is -1.96. The Labute approximate surface area is 123 Å². The standard InChI is InChI=1S/C13H15FN2O4S/c14-8-1-2-11(10(7-8)12(17)18)16-13(19)15-9-3-5-21(20)6-4-9/h1-2,7,9H,3-6H2,(H,17,18)(H2,15,16,19). The first-order valence-corrected chi connectivity index (χ1v) is 7.90. The fraction of sp³-hybridized carbons (Fsp3) is 0.385. The molecule has 1 aliphatic heterocycles. The summed E-state index contributed by atoms with van der Waals surface area (Å²) in [4.78, 5) is 22.8. The number of rotatable bonds is 3. The number of carbonyl (C=O) groups excluding carboxylic acids is 1. The van der Waals surface area contributed by atoms with Crippen LogP contribution in [-0.4, -0.2) is 38.9 Å². The number of halogens is 1. The minimum Gasteiger partial charge on any atom is -0.478 e. The largest absolute Gasteiger partial charge is 0.478 e. The maximum Gasteiger partial charge on any atom is 0.337 e. The van der Waals surface area contributed by atoms with Crippen molar-refractivity contribution in [3.63, 3.8) is 0 Å². The van der Waals surface area contributed by atoms with Gasteiger partial charge in [-0.3, -0.25) is 4.21 Å². The Morgan fingerprint density at radius 1 is 1.29 bits per heavy atom. The van der Waals surface area contributed by atoms with Crippen molar-refractivity contribution in [3.05, 3.63) is 29.6 Å². The number of amides is 2. The van der Waals surface area contributed by atoms with E-state index in [2.05, 4.69) is 10.6 Å². The lowest BCUT2D eigenvalue weighted by Gasteiger charge is -2.22. The van der Waals surface area contributed by atoms with Crippen molar-refractivity contribution in [1.29, 1.82) is 0 Å². The Bertz CT molecular complexity index is 584. The molecule has 1 saturated heterocycles. The van der Waals surface area contributed by atoms with Gasteiger partial charge >= 0.3 is 12.0 Å². The van der Waals surface area contributed by atoms with Crippen molar-refractivity contribution >= 4 is 28.5 Å². The predicted molar refractivity (Wildman–Crippen MR) is 76.4 cm³/mol. The van der Waals surface area contributed by atoms with Crippen LogP contribution in [0.5, 0.6) is 0 Å². The molecule has 0 radical (unpaired) electrons. The second kappa shape index (κ2) is 6.66. The molecule has 0 bridgehead atoms. The third-order valence-electron chi connectivity index (χ3n) is 3.18. The quantitative estimate of drug-likeness (QED) is 0.789. The number of carbonyl (C=O) groups is 2. The molecular weight excluding hydrogens is 299 g/mol. The maximum atomic E-state index is 13.0. The van der Waals surface area contributed by atoms with E-state index >= 15 is 0 Å². The summed E-state index contributed by atoms with van der Waals surface area (Å²) in [5.74, 6) is -0.921. The molecule has 1 aliphatic rings. The average molecular weight is 314 g/mol. The third-order valence-corrected chi connectivity index (χ3v) is 4.57. The van der Waals surface area contributed by atoms with Crippen molar-refractivity contribution in [2.45, 2.75) is 18.9 Å². The molecule has 1 fully saturated rings. The van der Waals surface area contributed by atoms with Crippen LogP contribution >= 0.6 is 0 Å². The minimum absolute atomic E-state index is 0.0285. The second-order valence-electron chi connectivity index (χ2n) is 4.72. The number of aromatic carboxylic acids is 1. The molecule has 21 heavy (non-hydrogen) atoms. The molecule has 1 heterocycles. The normalized spacial score (nSPS) is 21.6. The van der Waals surface area contributed by atoms with Crippen LogP contribution in [0.15, 0.2) is 18.2 Å². The van der Waals surface area contributed by atoms with E-state index in [4.69, 9.17) is 5.11 Å². The second-order valence-corrected chi connectivity index (χ2v) is 6.41. The molecule has 0 aromatic heterocycles. The highest BCUT2D eigenvalue weighted by Gasteiger charge is 2.20. The zero-order chi connectivity index (χ0) is 15.4. The zero-order valence-corrected chi connectivity index (χ0v) is 11.9. The van der Waals surface area contributed by atoms with Gasteiger partial charge in [0.2, 0.25) is 0 Å². The van der Waals surface area contributed by atoms with Gasteiger partial charge in [0.25, 0.3) is 0 Å². The molecule has 0 saturated carbocycles. The van der Waals surface area contributed by atoms with Crippen LogP contribution < -0.4 is 10.6 Å². The first kappa shape index (κ1) is 15.4. The molecule has 8 heteroatoms. The van der Waals surface area contributed by atoms with E-state index < -0.39 is 28.6 Å². The number of hydrogen-bond donors (Lipinski definition) is 3. The molecule has 1 aromatic rings. The monoisotopic (exact) mass is 314 g/mol. The van der Waals surface area contributed by atoms with Crippen LogP contribution in [0, 0.1) is 5.82 Å². The van der Waals surface area contributed by atoms with E-state index in [1.165, 1.54) is 6.07 Å². The summed E-state index contributed by atoms with van der Waals surface area (Å²) in [6.07, 6.45) is 1.24. The fourth-order valence-electron chi connectivity index (χ4n) is 2.08. The lowest BCUT2D eigenvalue weighted by atomic mass is 10.1. The summed E-state index contributed by atoms with van der Waals surface area (Å²) in [5, 5.41) is 14.1. The van der Waals surface area contributed by atoms with Gasteiger partial charge in [0, 0.05) is 28.3 Å². The van der Waals surface area contributed by atoms with Crippen molar-refractivity contribution in [1.82, 2.24) is 5.32 Å². The zero-order valence-electron chi connectivity index (χ0n) is 11.1. The average Bonchev–Trinajstić information content (AvgIpc) is 2.43. The van der Waals surface area contributed by atoms with Gasteiger partial charge in [0.1, 0.15) is 5.82 Å². The number of hydrogen-bond acceptors (Lipinski definition) is 3. The van der Waals surface area contributed by atoms with E-state index in [-0.39, 0.29) is 17.3 Å². The van der Waals surface area contributed by atoms with Gasteiger partial charge in [-0.1, -0.05) is 0 Å². The molecule has 0 spiro atoms. The van der Waals surface area contributed by atoms with Crippen molar-refractivity contribution < 1.29 is 23.3 Å². The molecule has 2 amide bonds. The van der Waals surface area contributed by atoms with Crippen molar-refractivity contribution in [3.8, 4) is 0 Å². The van der Waals surface area contributed by atoms with E-state index in [9.17, 15) is 18.2 Å². The Kier molecular flexibility index (Phi) is 4.89. The van der Waals surface area contributed by atoms with Gasteiger partial charge in [0.15, 0.2) is 0 Å². The van der Waals surface area contributed by atoms with E-state index in [1.54, 1.807) is 0 Å². The lowest BCUT2D eigenvalue weighted by molar-refractivity contribution is 0.0697. The third kappa shape index (κ3) is 4.25. The Morgan fingerprint density at radius 2 is 1.95 bits per heavy atom. The topological polar surface area (TPSA) is 95.5 Å². The van der Waals surface area contributed by atoms with Crippen LogP contribution in [0.1, 0.15) is 23.2 Å². The molecular formula is C13H15FN2O4S. The minimum atomic E-state index is -1.32. The number of anilines is 1. The molecule has 3 N–H and O–H groups in total. The van der Waals surface area contributed by atoms with Crippen LogP contribution in [0.3, 0.4) is 0 Å². The van der Waals surface area contributed by atoms with Gasteiger partial charge in [-0.15, -0.1) is 0 Å². The molecule has 0 unspecified atom stereocenters. The number of urea groups is 1. The molecule has 6 nitrogen and oxygen atoms in total. The Morgan fingerprint density at radius 3 is 2.57 bits per heavy atom. The highest BCUT2D eigenvalue weighted by Crippen LogP contribution is 2.17. The smallest absolute Gasteiger partial charge is 0.337 e. The van der Waals surface area contributed by atoms with Crippen molar-refractivity contribution in [2.75, 3.05) is 16.8 Å². The summed E-state index contributed by atoms with van der Waals surface area (Å²) in [7, 11) is -0.817. The predicted octanol–water partition coefficient (Wildman–Crippen LogP) is 1.56. The number of carboxylic acids is 1. The summed E-state index contributed by atoms with van der Waals surface area (Å²) >= 11 is 0. The highest BCUT2D eigenvalue weighted by atomic mass is 32.2. The molecule has 2 rings (SSSR count). The first-order valence-electron chi connectivity index (χ1n) is 6.41. The Balaban J connectivity index is 1.99. The summed E-state index contributed by atoms with van der Waals surface area (Å²) in [6.45, 7) is 0. The fourth-order valence-corrected chi connectivity index (χ4v) is 3.38. The van der Waals surface area contributed by atoms with Gasteiger partial charge in [0.05, 0.1) is 11.3 Å². The molecule has 0 atom stereocenters. The van der Waals surface area contributed by atoms with Crippen LogP contribution in [0.2, 0.25) is 0 Å². The number of carboxylic acid groups (broad SMARTS) is 1. The summed E-state index contributed by atoms with van der Waals surface area (Å²) in [6, 6.07) is 2.49. The van der Waals surface area contributed by atoms with E-state index in [1.807, 2.05) is 0 Å². The first-order chi connectivity index (χ1) is 9.95. The lowest BCUT2D eigenvalue weighted by Crippen LogP contribution is -2.41. The molecule has 1 aromatic carbocycles. The van der Waals surface area contributed by atoms with Crippen LogP contribution in [0.25, 0.3) is 0 Å². The molecule has 114 valence electrons.